The summed E-state index contributed by atoms with van der Waals surface area (Å²) in [5.74, 6) is -2.39. The summed E-state index contributed by atoms with van der Waals surface area (Å²) in [6, 6.07) is 0. The Morgan fingerprint density at radius 1 is 1.35 bits per heavy atom. The molecule has 116 valence electrons. The van der Waals surface area contributed by atoms with E-state index in [1.54, 1.807) is 0 Å². The number of hydrogen-bond donors (Lipinski definition) is 3. The van der Waals surface area contributed by atoms with Crippen LogP contribution in [0, 0.1) is 5.92 Å². The third-order valence-electron chi connectivity index (χ3n) is 2.92. The Hall–Kier alpha value is -1.35. The molecule has 9 heteroatoms. The van der Waals surface area contributed by atoms with Gasteiger partial charge in [-0.1, -0.05) is 0 Å². The van der Waals surface area contributed by atoms with Crippen LogP contribution in [-0.2, 0) is 14.3 Å². The molecule has 0 aliphatic carbocycles. The molecule has 0 bridgehead atoms. The van der Waals surface area contributed by atoms with Gasteiger partial charge in [0.25, 0.3) is 0 Å². The van der Waals surface area contributed by atoms with Gasteiger partial charge in [0.15, 0.2) is 0 Å². The van der Waals surface area contributed by atoms with Crippen molar-refractivity contribution in [1.82, 2.24) is 10.6 Å². The van der Waals surface area contributed by atoms with Gasteiger partial charge >= 0.3 is 12.1 Å². The number of carbonyl (C=O) groups is 2. The maximum absolute atomic E-state index is 11.4. The van der Waals surface area contributed by atoms with Crippen molar-refractivity contribution in [1.29, 1.82) is 0 Å². The lowest BCUT2D eigenvalue weighted by atomic mass is 10.0. The summed E-state index contributed by atoms with van der Waals surface area (Å²) in [5, 5.41) is 13.1. The standard InChI is InChI=1S/C9H16N2O2.C2HF3O2/c12-9(7-4-10-5-7)11-6-8-2-1-3-13-8;3-2(4,5)1(6)7/h7-8,10H,1-6H2,(H,11,12);(H,6,7). The van der Waals surface area contributed by atoms with E-state index in [1.165, 1.54) is 0 Å². The van der Waals surface area contributed by atoms with Crippen molar-refractivity contribution in [2.75, 3.05) is 26.2 Å². The first-order valence-electron chi connectivity index (χ1n) is 6.21. The van der Waals surface area contributed by atoms with Gasteiger partial charge in [-0.3, -0.25) is 4.79 Å². The summed E-state index contributed by atoms with van der Waals surface area (Å²) in [5.41, 5.74) is 0. The molecule has 1 unspecified atom stereocenters. The molecule has 2 aliphatic rings. The summed E-state index contributed by atoms with van der Waals surface area (Å²) in [7, 11) is 0. The molecule has 0 saturated carbocycles. The number of halogens is 3. The summed E-state index contributed by atoms with van der Waals surface area (Å²) in [6.07, 6.45) is -2.61. The predicted molar refractivity (Wildman–Crippen MR) is 62.0 cm³/mol. The second-order valence-electron chi connectivity index (χ2n) is 4.54. The molecule has 6 nitrogen and oxygen atoms in total. The van der Waals surface area contributed by atoms with Crippen molar-refractivity contribution >= 4 is 11.9 Å². The van der Waals surface area contributed by atoms with Crippen molar-refractivity contribution in [3.8, 4) is 0 Å². The zero-order valence-electron chi connectivity index (χ0n) is 10.7. The van der Waals surface area contributed by atoms with Gasteiger partial charge in [0.1, 0.15) is 0 Å². The molecule has 3 N–H and O–H groups in total. The van der Waals surface area contributed by atoms with E-state index in [9.17, 15) is 18.0 Å². The van der Waals surface area contributed by atoms with Crippen LogP contribution >= 0.6 is 0 Å². The molecule has 1 atom stereocenters. The molecule has 2 aliphatic heterocycles. The number of carbonyl (C=O) groups excluding carboxylic acids is 1. The minimum absolute atomic E-state index is 0.175. The van der Waals surface area contributed by atoms with Crippen LogP contribution < -0.4 is 10.6 Å². The summed E-state index contributed by atoms with van der Waals surface area (Å²) < 4.78 is 37.1. The van der Waals surface area contributed by atoms with Gasteiger partial charge in [-0.2, -0.15) is 13.2 Å². The van der Waals surface area contributed by atoms with Crippen LogP contribution in [0.25, 0.3) is 0 Å². The zero-order chi connectivity index (χ0) is 15.2. The highest BCUT2D eigenvalue weighted by molar-refractivity contribution is 5.80. The number of alkyl halides is 3. The van der Waals surface area contributed by atoms with Crippen LogP contribution in [0.2, 0.25) is 0 Å². The SMILES string of the molecule is O=C(NCC1CCCO1)C1CNC1.O=C(O)C(F)(F)F. The van der Waals surface area contributed by atoms with Crippen LogP contribution in [0.5, 0.6) is 0 Å². The van der Waals surface area contributed by atoms with E-state index in [0.29, 0.717) is 6.54 Å². The van der Waals surface area contributed by atoms with Gasteiger partial charge in [0.05, 0.1) is 12.0 Å². The molecule has 20 heavy (non-hydrogen) atoms. The number of carboxylic acid groups (broad SMARTS) is 1. The smallest absolute Gasteiger partial charge is 0.475 e. The lowest BCUT2D eigenvalue weighted by Crippen LogP contribution is -2.51. The Morgan fingerprint density at radius 2 is 1.95 bits per heavy atom. The van der Waals surface area contributed by atoms with Crippen LogP contribution in [0.3, 0.4) is 0 Å². The quantitative estimate of drug-likeness (QED) is 0.689. The number of carboxylic acids is 1. The van der Waals surface area contributed by atoms with Crippen LogP contribution in [-0.4, -0.2) is 55.5 Å². The Labute approximate surface area is 113 Å². The van der Waals surface area contributed by atoms with E-state index in [4.69, 9.17) is 14.6 Å². The fraction of sp³-hybridized carbons (Fsp3) is 0.818. The summed E-state index contributed by atoms with van der Waals surface area (Å²) >= 11 is 0. The number of ether oxygens (including phenoxy) is 1. The van der Waals surface area contributed by atoms with Gasteiger partial charge in [0, 0.05) is 26.2 Å². The lowest BCUT2D eigenvalue weighted by molar-refractivity contribution is -0.192. The number of nitrogens with one attached hydrogen (secondary N) is 2. The molecule has 2 fully saturated rings. The largest absolute Gasteiger partial charge is 0.490 e. The highest BCUT2D eigenvalue weighted by Crippen LogP contribution is 2.13. The molecular weight excluding hydrogens is 281 g/mol. The van der Waals surface area contributed by atoms with Gasteiger partial charge in [-0.25, -0.2) is 4.79 Å². The average molecular weight is 298 g/mol. The van der Waals surface area contributed by atoms with Gasteiger partial charge in [0.2, 0.25) is 5.91 Å². The van der Waals surface area contributed by atoms with Crippen molar-refractivity contribution in [3.63, 3.8) is 0 Å². The van der Waals surface area contributed by atoms with E-state index < -0.39 is 12.1 Å². The Kier molecular flexibility index (Phi) is 6.21. The first-order valence-corrected chi connectivity index (χ1v) is 6.21. The Morgan fingerprint density at radius 3 is 2.30 bits per heavy atom. The highest BCUT2D eigenvalue weighted by atomic mass is 19.4. The monoisotopic (exact) mass is 298 g/mol. The van der Waals surface area contributed by atoms with Crippen LogP contribution in [0.15, 0.2) is 0 Å². The first kappa shape index (κ1) is 16.7. The molecule has 2 heterocycles. The summed E-state index contributed by atoms with van der Waals surface area (Å²) in [4.78, 5) is 20.3. The fourth-order valence-electron chi connectivity index (χ4n) is 1.64. The minimum Gasteiger partial charge on any atom is -0.475 e. The molecule has 1 amide bonds. The maximum Gasteiger partial charge on any atom is 0.490 e. The number of rotatable bonds is 3. The van der Waals surface area contributed by atoms with Crippen molar-refractivity contribution < 1.29 is 32.6 Å². The van der Waals surface area contributed by atoms with E-state index in [-0.39, 0.29) is 17.9 Å². The Balaban J connectivity index is 0.000000246. The van der Waals surface area contributed by atoms with Crippen LogP contribution in [0.1, 0.15) is 12.8 Å². The van der Waals surface area contributed by atoms with Gasteiger partial charge in [-0.05, 0) is 12.8 Å². The molecular formula is C11H17F3N2O4. The Bertz CT molecular complexity index is 339. The van der Waals surface area contributed by atoms with Gasteiger partial charge in [-0.15, -0.1) is 0 Å². The second kappa shape index (κ2) is 7.44. The van der Waals surface area contributed by atoms with E-state index in [2.05, 4.69) is 10.6 Å². The molecule has 0 radical (unpaired) electrons. The maximum atomic E-state index is 11.4. The molecule has 0 spiro atoms. The topological polar surface area (TPSA) is 87.7 Å². The van der Waals surface area contributed by atoms with Crippen molar-refractivity contribution in [2.24, 2.45) is 5.92 Å². The zero-order valence-corrected chi connectivity index (χ0v) is 10.7. The summed E-state index contributed by atoms with van der Waals surface area (Å²) in [6.45, 7) is 3.20. The molecule has 2 rings (SSSR count). The molecule has 0 aromatic heterocycles. The van der Waals surface area contributed by atoms with E-state index >= 15 is 0 Å². The highest BCUT2D eigenvalue weighted by Gasteiger charge is 2.38. The average Bonchev–Trinajstić information content (AvgIpc) is 2.76. The molecule has 2 saturated heterocycles. The second-order valence-corrected chi connectivity index (χ2v) is 4.54. The number of aliphatic carboxylic acids is 1. The van der Waals surface area contributed by atoms with Crippen LogP contribution in [0.4, 0.5) is 13.2 Å². The van der Waals surface area contributed by atoms with Gasteiger partial charge < -0.3 is 20.5 Å². The first-order chi connectivity index (χ1) is 9.30. The lowest BCUT2D eigenvalue weighted by Gasteiger charge is -2.26. The number of hydrogen-bond acceptors (Lipinski definition) is 4. The van der Waals surface area contributed by atoms with Crippen molar-refractivity contribution in [2.45, 2.75) is 25.1 Å². The third-order valence-corrected chi connectivity index (χ3v) is 2.92. The van der Waals surface area contributed by atoms with Crippen molar-refractivity contribution in [3.05, 3.63) is 0 Å². The molecule has 0 aromatic carbocycles. The molecule has 0 aromatic rings. The minimum atomic E-state index is -5.08. The van der Waals surface area contributed by atoms with E-state index in [1.807, 2.05) is 0 Å². The third kappa shape index (κ3) is 5.74. The predicted octanol–water partition coefficient (Wildman–Crippen LogP) is 0.134. The fourth-order valence-corrected chi connectivity index (χ4v) is 1.64. The van der Waals surface area contributed by atoms with E-state index in [0.717, 1.165) is 32.5 Å². The number of amides is 1. The normalized spacial score (nSPS) is 22.4.